The number of benzene rings is 1. The van der Waals surface area contributed by atoms with Crippen LogP contribution in [0.3, 0.4) is 0 Å². The maximum absolute atomic E-state index is 5.60. The zero-order valence-electron chi connectivity index (χ0n) is 10.6. The monoisotopic (exact) mass is 280 g/mol. The fraction of sp³-hybridized carbons (Fsp3) is 0. The molecule has 0 bridgehead atoms. The molecule has 0 unspecified atom stereocenters. The van der Waals surface area contributed by atoms with Crippen LogP contribution in [-0.4, -0.2) is 15.0 Å². The molecule has 20 heavy (non-hydrogen) atoms. The van der Waals surface area contributed by atoms with Gasteiger partial charge in [-0.2, -0.15) is 0 Å². The van der Waals surface area contributed by atoms with Gasteiger partial charge in [-0.3, -0.25) is 9.97 Å². The van der Waals surface area contributed by atoms with Gasteiger partial charge in [0.05, 0.1) is 11.2 Å². The number of hydrogen-bond donors (Lipinski definition) is 2. The summed E-state index contributed by atoms with van der Waals surface area (Å²) in [6.07, 6.45) is 3.46. The zero-order chi connectivity index (χ0) is 13.9. The van der Waals surface area contributed by atoms with Crippen molar-refractivity contribution in [1.82, 2.24) is 9.97 Å². The van der Waals surface area contributed by atoms with E-state index in [1.54, 1.807) is 12.4 Å². The van der Waals surface area contributed by atoms with Gasteiger partial charge in [-0.25, -0.2) is 0 Å². The van der Waals surface area contributed by atoms with Gasteiger partial charge in [0, 0.05) is 29.2 Å². The average molecular weight is 280 g/mol. The summed E-state index contributed by atoms with van der Waals surface area (Å²) in [6, 6.07) is 13.6. The molecule has 0 amide bonds. The second-order valence-electron chi connectivity index (χ2n) is 4.29. The minimum Gasteiger partial charge on any atom is -0.388 e. The number of nitrogens with two attached hydrogens (primary N) is 1. The minimum atomic E-state index is 0.285. The zero-order valence-corrected chi connectivity index (χ0v) is 11.4. The van der Waals surface area contributed by atoms with Gasteiger partial charge in [-0.15, -0.1) is 0 Å². The number of aromatic nitrogens is 2. The van der Waals surface area contributed by atoms with Crippen LogP contribution in [0.4, 0.5) is 11.4 Å². The summed E-state index contributed by atoms with van der Waals surface area (Å²) >= 11 is 4.94. The Morgan fingerprint density at radius 2 is 1.95 bits per heavy atom. The molecule has 0 aliphatic carbocycles. The molecule has 2 aromatic heterocycles. The summed E-state index contributed by atoms with van der Waals surface area (Å²) in [4.78, 5) is 8.75. The number of pyridine rings is 2. The van der Waals surface area contributed by atoms with Crippen LogP contribution in [0.1, 0.15) is 5.69 Å². The molecule has 5 heteroatoms. The molecule has 4 nitrogen and oxygen atoms in total. The van der Waals surface area contributed by atoms with Crippen LogP contribution in [0.15, 0.2) is 54.9 Å². The van der Waals surface area contributed by atoms with E-state index in [9.17, 15) is 0 Å². The first-order chi connectivity index (χ1) is 9.74. The molecule has 98 valence electrons. The summed E-state index contributed by atoms with van der Waals surface area (Å²) in [5.74, 6) is 0. The molecule has 0 radical (unpaired) electrons. The maximum Gasteiger partial charge on any atom is 0.122 e. The van der Waals surface area contributed by atoms with Gasteiger partial charge in [0.2, 0.25) is 0 Å². The highest BCUT2D eigenvalue weighted by Gasteiger charge is 2.03. The number of nitrogens with one attached hydrogen (secondary N) is 1. The Bertz CT molecular complexity index is 780. The third-order valence-electron chi connectivity index (χ3n) is 2.94. The van der Waals surface area contributed by atoms with Crippen molar-refractivity contribution in [2.24, 2.45) is 5.73 Å². The van der Waals surface area contributed by atoms with Crippen LogP contribution in [0.5, 0.6) is 0 Å². The van der Waals surface area contributed by atoms with E-state index in [4.69, 9.17) is 18.0 Å². The van der Waals surface area contributed by atoms with Crippen LogP contribution in [0.2, 0.25) is 0 Å². The van der Waals surface area contributed by atoms with Crippen LogP contribution >= 0.6 is 12.2 Å². The highest BCUT2D eigenvalue weighted by atomic mass is 32.1. The third-order valence-corrected chi connectivity index (χ3v) is 3.15. The largest absolute Gasteiger partial charge is 0.388 e. The number of anilines is 2. The summed E-state index contributed by atoms with van der Waals surface area (Å²) in [6.45, 7) is 0. The molecular weight excluding hydrogens is 268 g/mol. The van der Waals surface area contributed by atoms with Crippen molar-refractivity contribution in [2.75, 3.05) is 5.32 Å². The molecule has 0 saturated carbocycles. The first kappa shape index (κ1) is 12.5. The van der Waals surface area contributed by atoms with E-state index in [-0.39, 0.29) is 4.99 Å². The summed E-state index contributed by atoms with van der Waals surface area (Å²) in [5.41, 5.74) is 9.01. The van der Waals surface area contributed by atoms with E-state index in [0.29, 0.717) is 5.69 Å². The van der Waals surface area contributed by atoms with E-state index < -0.39 is 0 Å². The molecular formula is C15H12N4S. The smallest absolute Gasteiger partial charge is 0.122 e. The SMILES string of the molecule is NC(=S)c1cc(Nc2cccc3ncccc23)ccn1. The second kappa shape index (κ2) is 5.22. The highest BCUT2D eigenvalue weighted by molar-refractivity contribution is 7.80. The van der Waals surface area contributed by atoms with Gasteiger partial charge < -0.3 is 11.1 Å². The van der Waals surface area contributed by atoms with Crippen molar-refractivity contribution in [2.45, 2.75) is 0 Å². The van der Waals surface area contributed by atoms with Crippen LogP contribution in [0.25, 0.3) is 10.9 Å². The first-order valence-corrected chi connectivity index (χ1v) is 6.51. The Kier molecular flexibility index (Phi) is 3.26. The van der Waals surface area contributed by atoms with Crippen molar-refractivity contribution in [3.05, 3.63) is 60.6 Å². The molecule has 3 N–H and O–H groups in total. The number of hydrogen-bond acceptors (Lipinski definition) is 4. The molecule has 3 aromatic rings. The van der Waals surface area contributed by atoms with Gasteiger partial charge in [-0.05, 0) is 36.4 Å². The summed E-state index contributed by atoms with van der Waals surface area (Å²) in [7, 11) is 0. The van der Waals surface area contributed by atoms with Crippen molar-refractivity contribution in [1.29, 1.82) is 0 Å². The van der Waals surface area contributed by atoms with Crippen molar-refractivity contribution in [3.63, 3.8) is 0 Å². The molecule has 0 aliphatic heterocycles. The van der Waals surface area contributed by atoms with Gasteiger partial charge >= 0.3 is 0 Å². The quantitative estimate of drug-likeness (QED) is 0.722. The lowest BCUT2D eigenvalue weighted by Crippen LogP contribution is -2.11. The van der Waals surface area contributed by atoms with E-state index >= 15 is 0 Å². The molecule has 0 aliphatic rings. The molecule has 0 spiro atoms. The van der Waals surface area contributed by atoms with Crippen LogP contribution in [-0.2, 0) is 0 Å². The lowest BCUT2D eigenvalue weighted by molar-refractivity contribution is 1.29. The fourth-order valence-electron chi connectivity index (χ4n) is 2.01. The summed E-state index contributed by atoms with van der Waals surface area (Å²) in [5, 5.41) is 4.41. The Balaban J connectivity index is 2.01. The number of thiocarbonyl (C=S) groups is 1. The Morgan fingerprint density at radius 3 is 2.80 bits per heavy atom. The first-order valence-electron chi connectivity index (χ1n) is 6.11. The molecule has 3 rings (SSSR count). The van der Waals surface area contributed by atoms with Crippen molar-refractivity contribution < 1.29 is 0 Å². The van der Waals surface area contributed by atoms with E-state index in [1.165, 1.54) is 0 Å². The van der Waals surface area contributed by atoms with Gasteiger partial charge in [0.1, 0.15) is 4.99 Å². The number of rotatable bonds is 3. The molecule has 1 aromatic carbocycles. The van der Waals surface area contributed by atoms with Gasteiger partial charge in [0.15, 0.2) is 0 Å². The van der Waals surface area contributed by atoms with Gasteiger partial charge in [-0.1, -0.05) is 18.3 Å². The maximum atomic E-state index is 5.60. The van der Waals surface area contributed by atoms with Crippen LogP contribution < -0.4 is 11.1 Å². The van der Waals surface area contributed by atoms with E-state index in [0.717, 1.165) is 22.3 Å². The molecule has 0 atom stereocenters. The Morgan fingerprint density at radius 1 is 1.05 bits per heavy atom. The van der Waals surface area contributed by atoms with E-state index in [2.05, 4.69) is 15.3 Å². The molecule has 0 saturated heterocycles. The topological polar surface area (TPSA) is 63.8 Å². The molecule has 2 heterocycles. The molecule has 0 fully saturated rings. The Labute approximate surface area is 121 Å². The van der Waals surface area contributed by atoms with Crippen LogP contribution in [0, 0.1) is 0 Å². The lowest BCUT2D eigenvalue weighted by Gasteiger charge is -2.10. The second-order valence-corrected chi connectivity index (χ2v) is 4.73. The normalized spacial score (nSPS) is 10.4. The average Bonchev–Trinajstić information content (AvgIpc) is 2.48. The third kappa shape index (κ3) is 2.44. The highest BCUT2D eigenvalue weighted by Crippen LogP contribution is 2.25. The Hall–Kier alpha value is -2.53. The summed E-state index contributed by atoms with van der Waals surface area (Å²) < 4.78 is 0. The van der Waals surface area contributed by atoms with Crippen molar-refractivity contribution >= 4 is 39.5 Å². The fourth-order valence-corrected chi connectivity index (χ4v) is 2.12. The van der Waals surface area contributed by atoms with Gasteiger partial charge in [0.25, 0.3) is 0 Å². The number of nitrogens with zero attached hydrogens (tertiary/aromatic N) is 2. The standard InChI is InChI=1S/C15H12N4S/c16-15(20)14-9-10(6-8-18-14)19-13-5-1-4-12-11(13)3-2-7-17-12/h1-9H,(H2,16,20)(H,18,19). The predicted octanol–water partition coefficient (Wildman–Crippen LogP) is 3.01. The number of fused-ring (bicyclic) bond motifs is 1. The predicted molar refractivity (Wildman–Crippen MR) is 85.2 cm³/mol. The lowest BCUT2D eigenvalue weighted by atomic mass is 10.1. The van der Waals surface area contributed by atoms with E-state index in [1.807, 2.05) is 42.5 Å². The van der Waals surface area contributed by atoms with Crippen molar-refractivity contribution in [3.8, 4) is 0 Å². The minimum absolute atomic E-state index is 0.285.